The molecule has 2 aliphatic rings. The van der Waals surface area contributed by atoms with Crippen molar-refractivity contribution in [3.63, 3.8) is 0 Å². The number of hydrogen-bond acceptors (Lipinski definition) is 3. The molecule has 0 saturated carbocycles. The maximum absolute atomic E-state index is 12.0. The number of carbonyl (C=O) groups excluding carboxylic acids is 1. The highest BCUT2D eigenvalue weighted by atomic mass is 16.5. The first-order chi connectivity index (χ1) is 7.77. The Hall–Kier alpha value is -0.610. The lowest BCUT2D eigenvalue weighted by Gasteiger charge is -2.31. The van der Waals surface area contributed by atoms with Crippen LogP contribution in [0.25, 0.3) is 0 Å². The molecule has 4 heteroatoms. The molecule has 2 fully saturated rings. The highest BCUT2D eigenvalue weighted by molar-refractivity contribution is 5.82. The number of nitrogens with one attached hydrogen (secondary N) is 2. The van der Waals surface area contributed by atoms with Crippen molar-refractivity contribution < 1.29 is 9.53 Å². The summed E-state index contributed by atoms with van der Waals surface area (Å²) in [6.07, 6.45) is 4.43. The van der Waals surface area contributed by atoms with Crippen molar-refractivity contribution in [1.29, 1.82) is 0 Å². The number of piperidine rings is 1. The van der Waals surface area contributed by atoms with Crippen molar-refractivity contribution in [2.75, 3.05) is 19.8 Å². The van der Waals surface area contributed by atoms with Gasteiger partial charge in [-0.3, -0.25) is 4.79 Å². The molecule has 1 amide bonds. The highest BCUT2D eigenvalue weighted by Gasteiger charge is 2.29. The summed E-state index contributed by atoms with van der Waals surface area (Å²) in [7, 11) is 0. The van der Waals surface area contributed by atoms with Gasteiger partial charge in [0.05, 0.1) is 18.7 Å². The van der Waals surface area contributed by atoms with Crippen LogP contribution in [-0.2, 0) is 9.53 Å². The molecule has 2 heterocycles. The van der Waals surface area contributed by atoms with E-state index in [1.165, 1.54) is 6.42 Å². The first-order valence-corrected chi connectivity index (χ1v) is 6.39. The van der Waals surface area contributed by atoms with Gasteiger partial charge in [-0.1, -0.05) is 6.92 Å². The molecule has 0 aromatic rings. The molecule has 16 heavy (non-hydrogen) atoms. The van der Waals surface area contributed by atoms with E-state index < -0.39 is 0 Å². The van der Waals surface area contributed by atoms with Crippen molar-refractivity contribution in [3.8, 4) is 0 Å². The summed E-state index contributed by atoms with van der Waals surface area (Å²) in [6.45, 7) is 4.62. The summed E-state index contributed by atoms with van der Waals surface area (Å²) < 4.78 is 5.36. The van der Waals surface area contributed by atoms with Gasteiger partial charge in [-0.2, -0.15) is 0 Å². The number of carbonyl (C=O) groups is 1. The van der Waals surface area contributed by atoms with Crippen molar-refractivity contribution in [2.24, 2.45) is 5.92 Å². The van der Waals surface area contributed by atoms with Crippen LogP contribution in [0.2, 0.25) is 0 Å². The Morgan fingerprint density at radius 3 is 2.94 bits per heavy atom. The molecule has 3 unspecified atom stereocenters. The third-order valence-corrected chi connectivity index (χ3v) is 3.56. The molecule has 0 bridgehead atoms. The van der Waals surface area contributed by atoms with Crippen LogP contribution >= 0.6 is 0 Å². The summed E-state index contributed by atoms with van der Waals surface area (Å²) >= 11 is 0. The minimum atomic E-state index is -0.00400. The molecule has 2 N–H and O–H groups in total. The van der Waals surface area contributed by atoms with Crippen LogP contribution < -0.4 is 10.6 Å². The van der Waals surface area contributed by atoms with Crippen LogP contribution in [0.4, 0.5) is 0 Å². The third kappa shape index (κ3) is 2.95. The van der Waals surface area contributed by atoms with Crippen molar-refractivity contribution in [1.82, 2.24) is 10.6 Å². The molecule has 0 aliphatic carbocycles. The lowest BCUT2D eigenvalue weighted by molar-refractivity contribution is -0.126. The molecule has 2 rings (SSSR count). The zero-order valence-corrected chi connectivity index (χ0v) is 10.00. The van der Waals surface area contributed by atoms with Crippen LogP contribution in [0.3, 0.4) is 0 Å². The fourth-order valence-corrected chi connectivity index (χ4v) is 2.55. The Morgan fingerprint density at radius 2 is 2.25 bits per heavy atom. The Balaban J connectivity index is 1.81. The third-order valence-electron chi connectivity index (χ3n) is 3.56. The number of hydrogen-bond donors (Lipinski definition) is 2. The Bertz CT molecular complexity index is 239. The van der Waals surface area contributed by atoms with Gasteiger partial charge in [-0.25, -0.2) is 0 Å². The molecular formula is C12H22N2O2. The fourth-order valence-electron chi connectivity index (χ4n) is 2.55. The first-order valence-electron chi connectivity index (χ1n) is 6.39. The summed E-state index contributed by atoms with van der Waals surface area (Å²) in [6, 6.07) is 0.216. The average molecular weight is 226 g/mol. The molecular weight excluding hydrogens is 204 g/mol. The SMILES string of the molecule is CC1CCCNC1C(=O)NC1CCCOC1. The first kappa shape index (κ1) is 11.9. The van der Waals surface area contributed by atoms with Gasteiger partial charge >= 0.3 is 0 Å². The number of ether oxygens (including phenoxy) is 1. The van der Waals surface area contributed by atoms with Gasteiger partial charge in [0.1, 0.15) is 0 Å². The normalized spacial score (nSPS) is 35.7. The minimum absolute atomic E-state index is 0.00400. The van der Waals surface area contributed by atoms with Crippen LogP contribution in [0.1, 0.15) is 32.6 Å². The molecule has 0 radical (unpaired) electrons. The smallest absolute Gasteiger partial charge is 0.237 e. The maximum atomic E-state index is 12.0. The molecule has 0 aromatic heterocycles. The topological polar surface area (TPSA) is 50.4 Å². The zero-order chi connectivity index (χ0) is 11.4. The standard InChI is InChI=1S/C12H22N2O2/c1-9-4-2-6-13-11(9)12(15)14-10-5-3-7-16-8-10/h9-11,13H,2-8H2,1H3,(H,14,15). The predicted octanol–water partition coefficient (Wildman–Crippen LogP) is 0.670. The highest BCUT2D eigenvalue weighted by Crippen LogP contribution is 2.16. The van der Waals surface area contributed by atoms with Crippen LogP contribution in [-0.4, -0.2) is 37.7 Å². The Kier molecular flexibility index (Phi) is 4.18. The van der Waals surface area contributed by atoms with Gasteiger partial charge in [-0.05, 0) is 38.1 Å². The quantitative estimate of drug-likeness (QED) is 0.727. The van der Waals surface area contributed by atoms with E-state index >= 15 is 0 Å². The summed E-state index contributed by atoms with van der Waals surface area (Å²) in [5.41, 5.74) is 0. The van der Waals surface area contributed by atoms with E-state index in [9.17, 15) is 4.79 Å². The molecule has 0 spiro atoms. The van der Waals surface area contributed by atoms with Crippen LogP contribution in [0.5, 0.6) is 0 Å². The van der Waals surface area contributed by atoms with E-state index in [0.29, 0.717) is 12.5 Å². The van der Waals surface area contributed by atoms with Gasteiger partial charge < -0.3 is 15.4 Å². The molecule has 3 atom stereocenters. The molecule has 4 nitrogen and oxygen atoms in total. The van der Waals surface area contributed by atoms with Gasteiger partial charge in [0.25, 0.3) is 0 Å². The van der Waals surface area contributed by atoms with Crippen LogP contribution in [0.15, 0.2) is 0 Å². The molecule has 2 aliphatic heterocycles. The predicted molar refractivity (Wildman–Crippen MR) is 62.2 cm³/mol. The second kappa shape index (κ2) is 5.64. The van der Waals surface area contributed by atoms with Crippen molar-refractivity contribution >= 4 is 5.91 Å². The van der Waals surface area contributed by atoms with Crippen molar-refractivity contribution in [3.05, 3.63) is 0 Å². The second-order valence-electron chi connectivity index (χ2n) is 4.97. The summed E-state index contributed by atoms with van der Waals surface area (Å²) in [4.78, 5) is 12.0. The van der Waals surface area contributed by atoms with Crippen LogP contribution in [0, 0.1) is 5.92 Å². The molecule has 92 valence electrons. The van der Waals surface area contributed by atoms with Gasteiger partial charge in [-0.15, -0.1) is 0 Å². The van der Waals surface area contributed by atoms with Gasteiger partial charge in [0.2, 0.25) is 5.91 Å². The lowest BCUT2D eigenvalue weighted by Crippen LogP contribution is -2.54. The summed E-state index contributed by atoms with van der Waals surface area (Å²) in [5.74, 6) is 0.598. The average Bonchev–Trinajstić information content (AvgIpc) is 2.31. The number of rotatable bonds is 2. The monoisotopic (exact) mass is 226 g/mol. The number of amides is 1. The maximum Gasteiger partial charge on any atom is 0.237 e. The van der Waals surface area contributed by atoms with E-state index in [0.717, 1.165) is 32.4 Å². The Morgan fingerprint density at radius 1 is 1.38 bits per heavy atom. The second-order valence-corrected chi connectivity index (χ2v) is 4.97. The van der Waals surface area contributed by atoms with Crippen molar-refractivity contribution in [2.45, 2.75) is 44.7 Å². The largest absolute Gasteiger partial charge is 0.379 e. The summed E-state index contributed by atoms with van der Waals surface area (Å²) in [5, 5.41) is 6.40. The van der Waals surface area contributed by atoms with Gasteiger partial charge in [0.15, 0.2) is 0 Å². The van der Waals surface area contributed by atoms with E-state index in [1.807, 2.05) is 0 Å². The molecule has 2 saturated heterocycles. The van der Waals surface area contributed by atoms with E-state index in [2.05, 4.69) is 17.6 Å². The zero-order valence-electron chi connectivity index (χ0n) is 10.00. The fraction of sp³-hybridized carbons (Fsp3) is 0.917. The van der Waals surface area contributed by atoms with E-state index in [1.54, 1.807) is 0 Å². The lowest BCUT2D eigenvalue weighted by atomic mass is 9.92. The van der Waals surface area contributed by atoms with Gasteiger partial charge in [0, 0.05) is 6.61 Å². The Labute approximate surface area is 97.1 Å². The van der Waals surface area contributed by atoms with E-state index in [4.69, 9.17) is 4.74 Å². The van der Waals surface area contributed by atoms with E-state index in [-0.39, 0.29) is 18.0 Å². The molecule has 0 aromatic carbocycles. The minimum Gasteiger partial charge on any atom is -0.379 e.